The summed E-state index contributed by atoms with van der Waals surface area (Å²) in [5, 5.41) is 3.44. The highest BCUT2D eigenvalue weighted by atomic mass is 35.5. The molecule has 7 nitrogen and oxygen atoms in total. The van der Waals surface area contributed by atoms with Crippen LogP contribution < -0.4 is 10.3 Å². The van der Waals surface area contributed by atoms with E-state index < -0.39 is 27.2 Å². The van der Waals surface area contributed by atoms with Crippen LogP contribution in [0.4, 0.5) is 8.78 Å². The van der Waals surface area contributed by atoms with Crippen LogP contribution in [-0.2, 0) is 16.6 Å². The second kappa shape index (κ2) is 7.36. The lowest BCUT2D eigenvalue weighted by atomic mass is 10.2. The summed E-state index contributed by atoms with van der Waals surface area (Å²) in [7, 11) is -3.61. The summed E-state index contributed by atoms with van der Waals surface area (Å²) in [5.41, 5.74) is 0.0148. The summed E-state index contributed by atoms with van der Waals surface area (Å²) in [6.07, 6.45) is 3.35. The van der Waals surface area contributed by atoms with E-state index in [9.17, 15) is 22.0 Å². The first-order valence-electron chi connectivity index (χ1n) is 7.82. The third-order valence-electron chi connectivity index (χ3n) is 3.84. The van der Waals surface area contributed by atoms with Crippen molar-refractivity contribution in [2.45, 2.75) is 13.5 Å². The molecule has 0 aliphatic heterocycles. The molecule has 0 atom stereocenters. The van der Waals surface area contributed by atoms with Gasteiger partial charge in [-0.1, -0.05) is 11.6 Å². The largest absolute Gasteiger partial charge is 0.487 e. The molecule has 2 heterocycles. The van der Waals surface area contributed by atoms with Gasteiger partial charge in [0.05, 0.1) is 24.3 Å². The minimum atomic E-state index is -3.61. The minimum absolute atomic E-state index is 0.0136. The maximum atomic E-state index is 13.7. The van der Waals surface area contributed by atoms with Gasteiger partial charge in [0.2, 0.25) is 0 Å². The second-order valence-electron chi connectivity index (χ2n) is 5.96. The van der Waals surface area contributed by atoms with E-state index in [0.717, 1.165) is 22.5 Å². The van der Waals surface area contributed by atoms with Gasteiger partial charge in [-0.3, -0.25) is 9.36 Å². The van der Waals surface area contributed by atoms with Crippen LogP contribution >= 0.6 is 11.6 Å². The number of halogens is 3. The predicted octanol–water partition coefficient (Wildman–Crippen LogP) is 2.66. The molecule has 2 aromatic heterocycles. The lowest BCUT2D eigenvalue weighted by molar-refractivity contribution is 0.298. The van der Waals surface area contributed by atoms with Crippen molar-refractivity contribution in [1.82, 2.24) is 13.8 Å². The van der Waals surface area contributed by atoms with Gasteiger partial charge in [0.1, 0.15) is 29.0 Å². The molecule has 28 heavy (non-hydrogen) atoms. The van der Waals surface area contributed by atoms with Crippen molar-refractivity contribution in [2.75, 3.05) is 6.26 Å². The monoisotopic (exact) mass is 429 g/mol. The van der Waals surface area contributed by atoms with Crippen LogP contribution in [0, 0.1) is 18.6 Å². The van der Waals surface area contributed by atoms with Crippen LogP contribution in [0.5, 0.6) is 5.75 Å². The lowest BCUT2D eigenvalue weighted by Crippen LogP contribution is -2.21. The Morgan fingerprint density at radius 1 is 1.25 bits per heavy atom. The number of hydrogen-bond acceptors (Lipinski definition) is 5. The Kier molecular flexibility index (Phi) is 5.26. The van der Waals surface area contributed by atoms with Gasteiger partial charge in [-0.05, 0) is 19.1 Å². The standard InChI is InChI=1S/C17H14ClF2N3O4S/c1-10-5-15(27-9-11-3-4-12(19)6-14(11)20)16(18)17(24)23(10)13-7-21-22(8-13)28(2,25)26/h3-8H,9H2,1-2H3. The van der Waals surface area contributed by atoms with Crippen molar-refractivity contribution in [3.05, 3.63) is 74.9 Å². The molecule has 0 saturated carbocycles. The van der Waals surface area contributed by atoms with E-state index in [-0.39, 0.29) is 28.6 Å². The highest BCUT2D eigenvalue weighted by Gasteiger charge is 2.17. The van der Waals surface area contributed by atoms with Crippen molar-refractivity contribution in [2.24, 2.45) is 0 Å². The first kappa shape index (κ1) is 20.0. The molecule has 0 spiro atoms. The van der Waals surface area contributed by atoms with Crippen LogP contribution in [0.3, 0.4) is 0 Å². The number of benzene rings is 1. The molecule has 3 aromatic rings. The van der Waals surface area contributed by atoms with E-state index >= 15 is 0 Å². The molecule has 0 N–H and O–H groups in total. The van der Waals surface area contributed by atoms with Gasteiger partial charge in [-0.2, -0.15) is 9.19 Å². The Bertz CT molecular complexity index is 1220. The lowest BCUT2D eigenvalue weighted by Gasteiger charge is -2.13. The quantitative estimate of drug-likeness (QED) is 0.622. The Labute approximate surface area is 163 Å². The summed E-state index contributed by atoms with van der Waals surface area (Å²) in [5.74, 6) is -1.48. The summed E-state index contributed by atoms with van der Waals surface area (Å²) in [6.45, 7) is 1.32. The fraction of sp³-hybridized carbons (Fsp3) is 0.176. The van der Waals surface area contributed by atoms with Crippen molar-refractivity contribution in [3.8, 4) is 11.4 Å². The fourth-order valence-corrected chi connectivity index (χ4v) is 3.21. The predicted molar refractivity (Wildman–Crippen MR) is 98.5 cm³/mol. The zero-order chi connectivity index (χ0) is 20.6. The molecule has 3 rings (SSSR count). The van der Waals surface area contributed by atoms with E-state index in [4.69, 9.17) is 16.3 Å². The maximum Gasteiger partial charge on any atom is 0.277 e. The average molecular weight is 430 g/mol. The molecule has 0 aliphatic carbocycles. The van der Waals surface area contributed by atoms with Gasteiger partial charge < -0.3 is 4.74 Å². The van der Waals surface area contributed by atoms with Gasteiger partial charge in [0.15, 0.2) is 0 Å². The van der Waals surface area contributed by atoms with E-state index in [1.54, 1.807) is 6.92 Å². The van der Waals surface area contributed by atoms with Gasteiger partial charge in [-0.25, -0.2) is 17.2 Å². The van der Waals surface area contributed by atoms with Gasteiger partial charge >= 0.3 is 0 Å². The van der Waals surface area contributed by atoms with E-state index in [1.807, 2.05) is 0 Å². The number of aromatic nitrogens is 3. The molecule has 0 bridgehead atoms. The maximum absolute atomic E-state index is 13.7. The number of nitrogens with zero attached hydrogens (tertiary/aromatic N) is 3. The van der Waals surface area contributed by atoms with Crippen LogP contribution in [0.25, 0.3) is 5.69 Å². The molecular formula is C17H14ClF2N3O4S. The van der Waals surface area contributed by atoms with Crippen LogP contribution in [0.15, 0.2) is 41.5 Å². The minimum Gasteiger partial charge on any atom is -0.487 e. The van der Waals surface area contributed by atoms with Crippen molar-refractivity contribution < 1.29 is 21.9 Å². The fourth-order valence-electron chi connectivity index (χ4n) is 2.49. The van der Waals surface area contributed by atoms with E-state index in [1.165, 1.54) is 29.1 Å². The second-order valence-corrected chi connectivity index (χ2v) is 8.18. The third-order valence-corrected chi connectivity index (χ3v) is 5.07. The van der Waals surface area contributed by atoms with Crippen LogP contribution in [0.2, 0.25) is 5.02 Å². The topological polar surface area (TPSA) is 83.2 Å². The number of pyridine rings is 1. The van der Waals surface area contributed by atoms with Crippen LogP contribution in [-0.4, -0.2) is 28.4 Å². The number of hydrogen-bond donors (Lipinski definition) is 0. The first-order chi connectivity index (χ1) is 13.1. The Balaban J connectivity index is 1.94. The molecule has 1 aromatic carbocycles. The molecule has 0 unspecified atom stereocenters. The Morgan fingerprint density at radius 2 is 1.96 bits per heavy atom. The zero-order valence-corrected chi connectivity index (χ0v) is 16.3. The molecule has 0 aliphatic rings. The van der Waals surface area contributed by atoms with Crippen molar-refractivity contribution >= 4 is 21.6 Å². The number of aryl methyl sites for hydroxylation is 1. The zero-order valence-electron chi connectivity index (χ0n) is 14.7. The number of ether oxygens (including phenoxy) is 1. The molecule has 0 radical (unpaired) electrons. The molecule has 0 fully saturated rings. The average Bonchev–Trinajstić information content (AvgIpc) is 3.08. The smallest absolute Gasteiger partial charge is 0.277 e. The summed E-state index contributed by atoms with van der Waals surface area (Å²) in [4.78, 5) is 12.6. The van der Waals surface area contributed by atoms with Gasteiger partial charge in [0.25, 0.3) is 15.6 Å². The molecule has 0 saturated heterocycles. The highest BCUT2D eigenvalue weighted by Crippen LogP contribution is 2.25. The third kappa shape index (κ3) is 3.92. The van der Waals surface area contributed by atoms with Crippen LogP contribution in [0.1, 0.15) is 11.3 Å². The molecular weight excluding hydrogens is 416 g/mol. The van der Waals surface area contributed by atoms with Crippen molar-refractivity contribution in [3.63, 3.8) is 0 Å². The SMILES string of the molecule is Cc1cc(OCc2ccc(F)cc2F)c(Cl)c(=O)n1-c1cnn(S(C)(=O)=O)c1. The summed E-state index contributed by atoms with van der Waals surface area (Å²) < 4.78 is 57.1. The van der Waals surface area contributed by atoms with E-state index in [2.05, 4.69) is 5.10 Å². The van der Waals surface area contributed by atoms with Gasteiger partial charge in [0, 0.05) is 23.4 Å². The van der Waals surface area contributed by atoms with Crippen molar-refractivity contribution in [1.29, 1.82) is 0 Å². The Hall–Kier alpha value is -2.72. The first-order valence-corrected chi connectivity index (χ1v) is 10.0. The highest BCUT2D eigenvalue weighted by molar-refractivity contribution is 7.89. The number of rotatable bonds is 5. The normalized spacial score (nSPS) is 11.6. The Morgan fingerprint density at radius 3 is 2.57 bits per heavy atom. The van der Waals surface area contributed by atoms with E-state index in [0.29, 0.717) is 5.69 Å². The molecule has 148 valence electrons. The van der Waals surface area contributed by atoms with Gasteiger partial charge in [-0.15, -0.1) is 0 Å². The molecule has 0 amide bonds. The summed E-state index contributed by atoms with van der Waals surface area (Å²) >= 11 is 6.09. The molecule has 11 heteroatoms. The summed E-state index contributed by atoms with van der Waals surface area (Å²) in [6, 6.07) is 4.49.